The number of rotatable bonds is 3. The van der Waals surface area contributed by atoms with Gasteiger partial charge in [-0.25, -0.2) is 0 Å². The average molecular weight is 262 g/mol. The molecule has 1 N–H and O–H groups in total. The summed E-state index contributed by atoms with van der Waals surface area (Å²) in [5.41, 5.74) is 1.91. The summed E-state index contributed by atoms with van der Waals surface area (Å²) >= 11 is 0. The van der Waals surface area contributed by atoms with Gasteiger partial charge >= 0.3 is 5.97 Å². The van der Waals surface area contributed by atoms with Gasteiger partial charge in [-0.05, 0) is 17.7 Å². The van der Waals surface area contributed by atoms with Gasteiger partial charge in [-0.1, -0.05) is 12.1 Å². The molecule has 1 aromatic rings. The first-order valence-electron chi connectivity index (χ1n) is 6.17. The highest BCUT2D eigenvalue weighted by atomic mass is 16.4. The quantitative estimate of drug-likeness (QED) is 0.893. The van der Waals surface area contributed by atoms with Crippen LogP contribution in [0.1, 0.15) is 18.0 Å². The van der Waals surface area contributed by atoms with Crippen LogP contribution in [0, 0.1) is 5.92 Å². The number of carbonyl (C=O) groups excluding carboxylic acids is 1. The third kappa shape index (κ3) is 2.41. The lowest BCUT2D eigenvalue weighted by Crippen LogP contribution is -2.26. The van der Waals surface area contributed by atoms with E-state index in [2.05, 4.69) is 0 Å². The second kappa shape index (κ2) is 4.91. The van der Waals surface area contributed by atoms with Gasteiger partial charge in [0.1, 0.15) is 0 Å². The summed E-state index contributed by atoms with van der Waals surface area (Å²) in [6.45, 7) is 0. The Morgan fingerprint density at radius 1 is 1.32 bits per heavy atom. The number of benzene rings is 1. The zero-order chi connectivity index (χ0) is 14.2. The number of anilines is 1. The molecule has 102 valence electrons. The summed E-state index contributed by atoms with van der Waals surface area (Å²) < 4.78 is 0. The van der Waals surface area contributed by atoms with Crippen molar-refractivity contribution in [1.82, 2.24) is 4.90 Å². The molecule has 19 heavy (non-hydrogen) atoms. The molecule has 1 aliphatic heterocycles. The molecular formula is C14H18N2O3. The first kappa shape index (κ1) is 13.4. The molecule has 1 fully saturated rings. The molecule has 0 bridgehead atoms. The second-order valence-electron chi connectivity index (χ2n) is 5.08. The lowest BCUT2D eigenvalue weighted by molar-refractivity contribution is -0.142. The molecule has 2 unspecified atom stereocenters. The van der Waals surface area contributed by atoms with Gasteiger partial charge in [-0.15, -0.1) is 0 Å². The summed E-state index contributed by atoms with van der Waals surface area (Å²) in [5, 5.41) is 9.24. The number of amides is 1. The minimum atomic E-state index is -0.917. The first-order chi connectivity index (χ1) is 8.91. The Labute approximate surface area is 112 Å². The second-order valence-corrected chi connectivity index (χ2v) is 5.08. The highest BCUT2D eigenvalue weighted by Gasteiger charge is 2.42. The summed E-state index contributed by atoms with van der Waals surface area (Å²) in [4.78, 5) is 26.5. The van der Waals surface area contributed by atoms with E-state index in [0.29, 0.717) is 0 Å². The Morgan fingerprint density at radius 3 is 2.37 bits per heavy atom. The SMILES string of the molecule is CN(C)c1ccc(C2C(C(=O)O)CC(=O)N2C)cc1. The van der Waals surface area contributed by atoms with Gasteiger partial charge in [0, 0.05) is 33.3 Å². The monoisotopic (exact) mass is 262 g/mol. The normalized spacial score (nSPS) is 22.7. The Morgan fingerprint density at radius 2 is 1.89 bits per heavy atom. The van der Waals surface area contributed by atoms with Crippen LogP contribution in [-0.2, 0) is 9.59 Å². The van der Waals surface area contributed by atoms with Gasteiger partial charge in [-0.2, -0.15) is 0 Å². The fourth-order valence-electron chi connectivity index (χ4n) is 2.52. The molecule has 2 atom stereocenters. The predicted octanol–water partition coefficient (Wildman–Crippen LogP) is 1.36. The van der Waals surface area contributed by atoms with E-state index >= 15 is 0 Å². The zero-order valence-corrected chi connectivity index (χ0v) is 11.3. The van der Waals surface area contributed by atoms with Crippen molar-refractivity contribution < 1.29 is 14.7 Å². The van der Waals surface area contributed by atoms with E-state index in [4.69, 9.17) is 0 Å². The van der Waals surface area contributed by atoms with Crippen molar-refractivity contribution in [2.45, 2.75) is 12.5 Å². The Bertz CT molecular complexity index is 496. The number of carboxylic acids is 1. The van der Waals surface area contributed by atoms with E-state index in [1.807, 2.05) is 43.3 Å². The Kier molecular flexibility index (Phi) is 3.46. The maximum Gasteiger partial charge on any atom is 0.309 e. The lowest BCUT2D eigenvalue weighted by Gasteiger charge is -2.24. The third-order valence-electron chi connectivity index (χ3n) is 3.65. The van der Waals surface area contributed by atoms with Crippen molar-refractivity contribution in [3.05, 3.63) is 29.8 Å². The van der Waals surface area contributed by atoms with Crippen LogP contribution in [0.15, 0.2) is 24.3 Å². The molecule has 1 aromatic carbocycles. The minimum Gasteiger partial charge on any atom is -0.481 e. The van der Waals surface area contributed by atoms with E-state index < -0.39 is 11.9 Å². The number of likely N-dealkylation sites (tertiary alicyclic amines) is 1. The molecule has 1 saturated heterocycles. The zero-order valence-electron chi connectivity index (χ0n) is 11.3. The topological polar surface area (TPSA) is 60.9 Å². The number of aliphatic carboxylic acids is 1. The minimum absolute atomic E-state index is 0.0753. The molecule has 1 heterocycles. The van der Waals surface area contributed by atoms with Crippen molar-refractivity contribution in [2.75, 3.05) is 26.0 Å². The van der Waals surface area contributed by atoms with Crippen LogP contribution < -0.4 is 4.90 Å². The first-order valence-corrected chi connectivity index (χ1v) is 6.17. The molecule has 0 aromatic heterocycles. The van der Waals surface area contributed by atoms with E-state index in [-0.39, 0.29) is 18.4 Å². The fraction of sp³-hybridized carbons (Fsp3) is 0.429. The number of carbonyl (C=O) groups is 2. The summed E-state index contributed by atoms with van der Waals surface area (Å²) in [6, 6.07) is 7.28. The van der Waals surface area contributed by atoms with Crippen LogP contribution in [0.3, 0.4) is 0 Å². The number of nitrogens with zero attached hydrogens (tertiary/aromatic N) is 2. The summed E-state index contributed by atoms with van der Waals surface area (Å²) in [5.74, 6) is -1.70. The van der Waals surface area contributed by atoms with Crippen molar-refractivity contribution in [3.8, 4) is 0 Å². The third-order valence-corrected chi connectivity index (χ3v) is 3.65. The van der Waals surface area contributed by atoms with Gasteiger partial charge < -0.3 is 14.9 Å². The van der Waals surface area contributed by atoms with Crippen LogP contribution in [-0.4, -0.2) is 43.0 Å². The Hall–Kier alpha value is -2.04. The van der Waals surface area contributed by atoms with Crippen LogP contribution in [0.2, 0.25) is 0 Å². The largest absolute Gasteiger partial charge is 0.481 e. The van der Waals surface area contributed by atoms with Crippen molar-refractivity contribution in [3.63, 3.8) is 0 Å². The lowest BCUT2D eigenvalue weighted by atomic mass is 9.94. The van der Waals surface area contributed by atoms with Crippen molar-refractivity contribution in [1.29, 1.82) is 0 Å². The molecule has 0 spiro atoms. The molecule has 1 aliphatic rings. The average Bonchev–Trinajstić information content (AvgIpc) is 2.66. The highest BCUT2D eigenvalue weighted by molar-refractivity contribution is 5.87. The van der Waals surface area contributed by atoms with Crippen molar-refractivity contribution >= 4 is 17.6 Å². The number of carboxylic acid groups (broad SMARTS) is 1. The molecule has 2 rings (SSSR count). The standard InChI is InChI=1S/C14H18N2O3/c1-15(2)10-6-4-9(5-7-10)13-11(14(18)19)8-12(17)16(13)3/h4-7,11,13H,8H2,1-3H3,(H,18,19). The van der Waals surface area contributed by atoms with Crippen LogP contribution >= 0.6 is 0 Å². The molecule has 0 radical (unpaired) electrons. The fourth-order valence-corrected chi connectivity index (χ4v) is 2.52. The maximum absolute atomic E-state index is 11.7. The van der Waals surface area contributed by atoms with Crippen LogP contribution in [0.25, 0.3) is 0 Å². The number of hydrogen-bond acceptors (Lipinski definition) is 3. The molecule has 1 amide bonds. The maximum atomic E-state index is 11.7. The van der Waals surface area contributed by atoms with E-state index in [1.54, 1.807) is 7.05 Å². The summed E-state index contributed by atoms with van der Waals surface area (Å²) in [6.07, 6.45) is 0.0753. The van der Waals surface area contributed by atoms with Gasteiger partial charge in [-0.3, -0.25) is 9.59 Å². The van der Waals surface area contributed by atoms with Gasteiger partial charge in [0.2, 0.25) is 5.91 Å². The summed E-state index contributed by atoms with van der Waals surface area (Å²) in [7, 11) is 5.55. The van der Waals surface area contributed by atoms with Gasteiger partial charge in [0.25, 0.3) is 0 Å². The van der Waals surface area contributed by atoms with Crippen LogP contribution in [0.5, 0.6) is 0 Å². The molecular weight excluding hydrogens is 244 g/mol. The molecule has 0 saturated carbocycles. The van der Waals surface area contributed by atoms with Gasteiger partial charge in [0.15, 0.2) is 0 Å². The molecule has 5 nitrogen and oxygen atoms in total. The smallest absolute Gasteiger partial charge is 0.309 e. The predicted molar refractivity (Wildman–Crippen MR) is 72.0 cm³/mol. The van der Waals surface area contributed by atoms with E-state index in [0.717, 1.165) is 11.3 Å². The Balaban J connectivity index is 2.32. The van der Waals surface area contributed by atoms with Crippen molar-refractivity contribution in [2.24, 2.45) is 5.92 Å². The highest BCUT2D eigenvalue weighted by Crippen LogP contribution is 2.37. The van der Waals surface area contributed by atoms with Gasteiger partial charge in [0.05, 0.1) is 12.0 Å². The van der Waals surface area contributed by atoms with Crippen LogP contribution in [0.4, 0.5) is 5.69 Å². The number of hydrogen-bond donors (Lipinski definition) is 1. The van der Waals surface area contributed by atoms with E-state index in [9.17, 15) is 14.7 Å². The van der Waals surface area contributed by atoms with E-state index in [1.165, 1.54) is 4.90 Å². The molecule has 5 heteroatoms. The molecule has 0 aliphatic carbocycles.